The van der Waals surface area contributed by atoms with Gasteiger partial charge in [-0.2, -0.15) is 0 Å². The summed E-state index contributed by atoms with van der Waals surface area (Å²) < 4.78 is 4.91. The van der Waals surface area contributed by atoms with E-state index >= 15 is 0 Å². The molecule has 11 heavy (non-hydrogen) atoms. The van der Waals surface area contributed by atoms with E-state index in [1.54, 1.807) is 7.11 Å². The van der Waals surface area contributed by atoms with Crippen LogP contribution in [0.2, 0.25) is 0 Å². The van der Waals surface area contributed by atoms with E-state index in [4.69, 9.17) is 14.8 Å². The highest BCUT2D eigenvalue weighted by Crippen LogP contribution is 2.05. The molecule has 4 heteroatoms. The molecule has 1 rings (SSSR count). The summed E-state index contributed by atoms with van der Waals surface area (Å²) in [5.74, 6) is 0.910. The molecule has 1 aromatic rings. The fourth-order valence-electron chi connectivity index (χ4n) is 0.557. The van der Waals surface area contributed by atoms with Gasteiger partial charge < -0.3 is 14.8 Å². The molecule has 59 valence electrons. The van der Waals surface area contributed by atoms with Crippen LogP contribution >= 0.6 is 0 Å². The van der Waals surface area contributed by atoms with Crippen molar-refractivity contribution in [2.24, 2.45) is 0 Å². The van der Waals surface area contributed by atoms with Crippen LogP contribution in [0.5, 0.6) is 5.75 Å². The molecule has 1 radical (unpaired) electrons. The molecule has 0 aliphatic carbocycles. The van der Waals surface area contributed by atoms with Crippen molar-refractivity contribution in [1.82, 2.24) is 0 Å². The molecule has 0 fully saturated rings. The van der Waals surface area contributed by atoms with E-state index in [0.717, 1.165) is 5.75 Å². The smallest absolute Gasteiger partial charge is 0.482 e. The Morgan fingerprint density at radius 2 is 1.64 bits per heavy atom. The first kappa shape index (κ1) is 10.0. The Labute approximate surface area is 66.6 Å². The van der Waals surface area contributed by atoms with E-state index in [2.05, 4.69) is 0 Å². The van der Waals surface area contributed by atoms with E-state index < -0.39 is 0 Å². The third-order valence-electron chi connectivity index (χ3n) is 0.979. The van der Waals surface area contributed by atoms with E-state index in [9.17, 15) is 0 Å². The van der Waals surface area contributed by atoms with Gasteiger partial charge in [0, 0.05) is 0 Å². The van der Waals surface area contributed by atoms with Crippen LogP contribution in [0.1, 0.15) is 0 Å². The SMILES string of the molecule is COc1ccccc1.O[B]O. The molecule has 0 heterocycles. The number of hydrogen-bond donors (Lipinski definition) is 2. The van der Waals surface area contributed by atoms with Gasteiger partial charge in [-0.15, -0.1) is 0 Å². The van der Waals surface area contributed by atoms with Crippen LogP contribution < -0.4 is 4.74 Å². The first-order valence-corrected chi connectivity index (χ1v) is 3.04. The Balaban J connectivity index is 0.000000292. The minimum Gasteiger partial charge on any atom is -0.497 e. The second-order valence-corrected chi connectivity index (χ2v) is 1.63. The number of rotatable bonds is 1. The summed E-state index contributed by atoms with van der Waals surface area (Å²) >= 11 is 0. The lowest BCUT2D eigenvalue weighted by Gasteiger charge is -1.93. The Morgan fingerprint density at radius 3 is 1.91 bits per heavy atom. The number of methoxy groups -OCH3 is 1. The summed E-state index contributed by atoms with van der Waals surface area (Å²) in [5, 5.41) is 14.0. The van der Waals surface area contributed by atoms with Gasteiger partial charge in [0.2, 0.25) is 0 Å². The molecule has 0 amide bonds. The molecule has 1 aromatic carbocycles. The first-order valence-electron chi connectivity index (χ1n) is 3.04. The third-order valence-corrected chi connectivity index (χ3v) is 0.979. The summed E-state index contributed by atoms with van der Waals surface area (Å²) in [7, 11) is 1.66. The molecule has 0 spiro atoms. The molecule has 0 bridgehead atoms. The largest absolute Gasteiger partial charge is 0.497 e. The summed E-state index contributed by atoms with van der Waals surface area (Å²) in [6.45, 7) is 0. The minimum atomic E-state index is 0. The van der Waals surface area contributed by atoms with Crippen LogP contribution in [0.15, 0.2) is 30.3 Å². The molecule has 0 aliphatic heterocycles. The normalized spacial score (nSPS) is 7.55. The van der Waals surface area contributed by atoms with Gasteiger partial charge in [-0.05, 0) is 12.1 Å². The second kappa shape index (κ2) is 7.12. The average molecular weight is 153 g/mol. The van der Waals surface area contributed by atoms with Crippen molar-refractivity contribution in [1.29, 1.82) is 0 Å². The lowest BCUT2D eigenvalue weighted by atomic mass is 10.3. The fraction of sp³-hybridized carbons (Fsp3) is 0.143. The van der Waals surface area contributed by atoms with E-state index in [1.807, 2.05) is 30.3 Å². The quantitative estimate of drug-likeness (QED) is 0.566. The van der Waals surface area contributed by atoms with Gasteiger partial charge in [0.15, 0.2) is 0 Å². The van der Waals surface area contributed by atoms with E-state index in [0.29, 0.717) is 0 Å². The molecule has 0 atom stereocenters. The first-order chi connectivity index (χ1) is 5.35. The van der Waals surface area contributed by atoms with Gasteiger partial charge in [0.25, 0.3) is 0 Å². The Bertz CT molecular complexity index is 167. The van der Waals surface area contributed by atoms with Gasteiger partial charge in [0.05, 0.1) is 7.11 Å². The number of hydrogen-bond acceptors (Lipinski definition) is 3. The van der Waals surface area contributed by atoms with Crippen molar-refractivity contribution < 1.29 is 14.8 Å². The zero-order valence-electron chi connectivity index (χ0n) is 6.27. The number of ether oxygens (including phenoxy) is 1. The summed E-state index contributed by atoms with van der Waals surface area (Å²) in [6.07, 6.45) is 0. The molecule has 0 saturated heterocycles. The highest BCUT2D eigenvalue weighted by atomic mass is 16.5. The maximum atomic E-state index is 7.00. The average Bonchev–Trinajstić information content (AvgIpc) is 2.08. The van der Waals surface area contributed by atoms with Gasteiger partial charge >= 0.3 is 7.69 Å². The van der Waals surface area contributed by atoms with Crippen molar-refractivity contribution >= 4 is 7.69 Å². The predicted octanol–water partition coefficient (Wildman–Crippen LogP) is 0.200. The van der Waals surface area contributed by atoms with Gasteiger partial charge in [-0.1, -0.05) is 18.2 Å². The van der Waals surface area contributed by atoms with Crippen LogP contribution in [0, 0.1) is 0 Å². The van der Waals surface area contributed by atoms with Crippen molar-refractivity contribution in [2.45, 2.75) is 0 Å². The van der Waals surface area contributed by atoms with Gasteiger partial charge in [0.1, 0.15) is 5.75 Å². The summed E-state index contributed by atoms with van der Waals surface area (Å²) in [6, 6.07) is 9.68. The topological polar surface area (TPSA) is 49.7 Å². The van der Waals surface area contributed by atoms with Crippen molar-refractivity contribution in [3.05, 3.63) is 30.3 Å². The zero-order chi connectivity index (χ0) is 8.53. The molecule has 2 N–H and O–H groups in total. The van der Waals surface area contributed by atoms with Crippen molar-refractivity contribution in [3.8, 4) is 5.75 Å². The zero-order valence-corrected chi connectivity index (χ0v) is 6.27. The molecule has 0 aromatic heterocycles. The van der Waals surface area contributed by atoms with Crippen LogP contribution in [-0.2, 0) is 0 Å². The molecule has 0 unspecified atom stereocenters. The lowest BCUT2D eigenvalue weighted by molar-refractivity contribution is 0.415. The predicted molar refractivity (Wildman–Crippen MR) is 43.2 cm³/mol. The number of para-hydroxylation sites is 1. The van der Waals surface area contributed by atoms with Crippen molar-refractivity contribution in [3.63, 3.8) is 0 Å². The Kier molecular flexibility index (Phi) is 6.47. The van der Waals surface area contributed by atoms with Gasteiger partial charge in [-0.25, -0.2) is 0 Å². The highest BCUT2D eigenvalue weighted by molar-refractivity contribution is 6.13. The standard InChI is InChI=1S/C7H8O.BH2O2/c1-8-7-5-3-2-4-6-7;2-1-3/h2-6H,1H3;2-3H. The molecule has 3 nitrogen and oxygen atoms in total. The van der Waals surface area contributed by atoms with Gasteiger partial charge in [-0.3, -0.25) is 0 Å². The van der Waals surface area contributed by atoms with E-state index in [1.165, 1.54) is 0 Å². The van der Waals surface area contributed by atoms with E-state index in [-0.39, 0.29) is 7.69 Å². The monoisotopic (exact) mass is 153 g/mol. The number of benzene rings is 1. The van der Waals surface area contributed by atoms with Crippen LogP contribution in [0.4, 0.5) is 0 Å². The second-order valence-electron chi connectivity index (χ2n) is 1.63. The summed E-state index contributed by atoms with van der Waals surface area (Å²) in [4.78, 5) is 0. The van der Waals surface area contributed by atoms with Crippen LogP contribution in [0.25, 0.3) is 0 Å². The maximum absolute atomic E-state index is 7.00. The summed E-state index contributed by atoms with van der Waals surface area (Å²) in [5.41, 5.74) is 0. The van der Waals surface area contributed by atoms with Crippen LogP contribution in [0.3, 0.4) is 0 Å². The molecule has 0 saturated carbocycles. The fourth-order valence-corrected chi connectivity index (χ4v) is 0.557. The lowest BCUT2D eigenvalue weighted by Crippen LogP contribution is -1.78. The maximum Gasteiger partial charge on any atom is 0.482 e. The molecular weight excluding hydrogens is 143 g/mol. The minimum absolute atomic E-state index is 0. The Hall–Kier alpha value is -0.995. The van der Waals surface area contributed by atoms with Crippen LogP contribution in [-0.4, -0.2) is 24.8 Å². The molecule has 0 aliphatic rings. The van der Waals surface area contributed by atoms with Crippen molar-refractivity contribution in [2.75, 3.05) is 7.11 Å². The highest BCUT2D eigenvalue weighted by Gasteiger charge is 1.80. The Morgan fingerprint density at radius 1 is 1.18 bits per heavy atom. The third kappa shape index (κ3) is 5.45. The molecular formula is C7H10BO3.